The van der Waals surface area contributed by atoms with Crippen LogP contribution in [0.1, 0.15) is 29.3 Å². The van der Waals surface area contributed by atoms with E-state index in [0.29, 0.717) is 5.56 Å². The molecule has 2 N–H and O–H groups in total. The third-order valence-corrected chi connectivity index (χ3v) is 4.93. The van der Waals surface area contributed by atoms with Crippen molar-refractivity contribution >= 4 is 17.5 Å². The minimum atomic E-state index is -1.98. The highest BCUT2D eigenvalue weighted by Crippen LogP contribution is 2.50. The fourth-order valence-corrected chi connectivity index (χ4v) is 3.87. The fraction of sp³-hybridized carbons (Fsp3) is 0.421. The molecule has 1 heterocycles. The lowest BCUT2D eigenvalue weighted by Crippen LogP contribution is -2.62. The maximum atomic E-state index is 13.2. The predicted molar refractivity (Wildman–Crippen MR) is 90.0 cm³/mol. The van der Waals surface area contributed by atoms with Crippen LogP contribution >= 0.6 is 0 Å². The minimum Gasteiger partial charge on any atom is -0.507 e. The zero-order valence-corrected chi connectivity index (χ0v) is 14.7. The highest BCUT2D eigenvalue weighted by molar-refractivity contribution is 6.12. The Labute approximate surface area is 150 Å². The van der Waals surface area contributed by atoms with Crippen molar-refractivity contribution < 1.29 is 34.1 Å². The molecular weight excluding hydrogens is 340 g/mol. The van der Waals surface area contributed by atoms with E-state index in [4.69, 9.17) is 9.47 Å². The monoisotopic (exact) mass is 360 g/mol. The average molecular weight is 360 g/mol. The smallest absolute Gasteiger partial charge is 0.313 e. The molecule has 0 amide bonds. The number of phenols is 1. The zero-order valence-electron chi connectivity index (χ0n) is 14.7. The second kappa shape index (κ2) is 6.25. The van der Waals surface area contributed by atoms with Gasteiger partial charge in [0.25, 0.3) is 0 Å². The topological polar surface area (TPSA) is 110 Å². The molecule has 0 saturated carbocycles. The number of methoxy groups -OCH3 is 1. The van der Waals surface area contributed by atoms with Gasteiger partial charge in [-0.15, -0.1) is 0 Å². The number of phenolic OH excluding ortho intramolecular Hbond substituents is 1. The first-order chi connectivity index (χ1) is 12.2. The van der Waals surface area contributed by atoms with Crippen LogP contribution in [-0.4, -0.2) is 46.6 Å². The summed E-state index contributed by atoms with van der Waals surface area (Å²) in [7, 11) is 1.17. The number of aliphatic hydroxyl groups excluding tert-OH is 1. The van der Waals surface area contributed by atoms with Gasteiger partial charge in [0.1, 0.15) is 34.9 Å². The van der Waals surface area contributed by atoms with Crippen LogP contribution in [0.2, 0.25) is 0 Å². The SMILES string of the molecule is COC(=O)[C@@H]1[C@H](CC(C)=O)C=C[C@@H](O)[C@@]12Oc1cc(C)cc(O)c1C2=O. The van der Waals surface area contributed by atoms with E-state index in [2.05, 4.69) is 0 Å². The normalized spacial score (nSPS) is 29.4. The van der Waals surface area contributed by atoms with Gasteiger partial charge in [-0.2, -0.15) is 0 Å². The Bertz CT molecular complexity index is 825. The van der Waals surface area contributed by atoms with Gasteiger partial charge in [0.15, 0.2) is 0 Å². The van der Waals surface area contributed by atoms with Crippen molar-refractivity contribution in [2.75, 3.05) is 7.11 Å². The summed E-state index contributed by atoms with van der Waals surface area (Å²) >= 11 is 0. The summed E-state index contributed by atoms with van der Waals surface area (Å²) in [4.78, 5) is 37.4. The van der Waals surface area contributed by atoms with Crippen molar-refractivity contribution in [2.45, 2.75) is 32.0 Å². The molecule has 0 radical (unpaired) electrons. The van der Waals surface area contributed by atoms with Crippen LogP contribution in [0.4, 0.5) is 0 Å². The first-order valence-corrected chi connectivity index (χ1v) is 8.23. The minimum absolute atomic E-state index is 0.0112. The summed E-state index contributed by atoms with van der Waals surface area (Å²) in [6, 6.07) is 2.96. The van der Waals surface area contributed by atoms with Crippen LogP contribution in [0.5, 0.6) is 11.5 Å². The number of allylic oxidation sites excluding steroid dienone is 1. The number of rotatable bonds is 3. The van der Waals surface area contributed by atoms with E-state index in [1.54, 1.807) is 13.0 Å². The van der Waals surface area contributed by atoms with Crippen molar-refractivity contribution in [1.82, 2.24) is 0 Å². The van der Waals surface area contributed by atoms with Crippen molar-refractivity contribution in [3.8, 4) is 11.5 Å². The Balaban J connectivity index is 2.18. The number of carbonyl (C=O) groups excluding carboxylic acids is 3. The lowest BCUT2D eigenvalue weighted by molar-refractivity contribution is -0.159. The van der Waals surface area contributed by atoms with Crippen molar-refractivity contribution in [2.24, 2.45) is 11.8 Å². The van der Waals surface area contributed by atoms with E-state index in [9.17, 15) is 24.6 Å². The Morgan fingerprint density at radius 2 is 2.00 bits per heavy atom. The van der Waals surface area contributed by atoms with Gasteiger partial charge in [0.05, 0.1) is 7.11 Å². The Morgan fingerprint density at radius 1 is 1.31 bits per heavy atom. The van der Waals surface area contributed by atoms with Gasteiger partial charge in [-0.25, -0.2) is 0 Å². The third kappa shape index (κ3) is 2.50. The number of ketones is 2. The molecule has 26 heavy (non-hydrogen) atoms. The van der Waals surface area contributed by atoms with Crippen LogP contribution in [0.25, 0.3) is 0 Å². The molecule has 1 aromatic rings. The van der Waals surface area contributed by atoms with Crippen LogP contribution in [0.15, 0.2) is 24.3 Å². The van der Waals surface area contributed by atoms with E-state index in [1.165, 1.54) is 32.3 Å². The second-order valence-electron chi connectivity index (χ2n) is 6.78. The number of fused-ring (bicyclic) bond motifs is 1. The molecule has 138 valence electrons. The van der Waals surface area contributed by atoms with Gasteiger partial charge in [-0.1, -0.05) is 12.2 Å². The Hall–Kier alpha value is -2.67. The molecule has 2 aliphatic rings. The second-order valence-corrected chi connectivity index (χ2v) is 6.78. The highest BCUT2D eigenvalue weighted by atomic mass is 16.5. The summed E-state index contributed by atoms with van der Waals surface area (Å²) in [6.07, 6.45) is 1.43. The molecule has 7 heteroatoms. The molecular formula is C19H20O7. The van der Waals surface area contributed by atoms with E-state index < -0.39 is 35.3 Å². The summed E-state index contributed by atoms with van der Waals surface area (Å²) in [5, 5.41) is 20.8. The summed E-state index contributed by atoms with van der Waals surface area (Å²) < 4.78 is 10.7. The van der Waals surface area contributed by atoms with Gasteiger partial charge < -0.3 is 24.5 Å². The number of carbonyl (C=O) groups is 3. The molecule has 0 unspecified atom stereocenters. The van der Waals surface area contributed by atoms with E-state index in [1.807, 2.05) is 0 Å². The number of aromatic hydroxyl groups is 1. The van der Waals surface area contributed by atoms with Gasteiger partial charge in [0, 0.05) is 12.3 Å². The Morgan fingerprint density at radius 3 is 2.62 bits per heavy atom. The number of hydrogen-bond acceptors (Lipinski definition) is 7. The fourth-order valence-electron chi connectivity index (χ4n) is 3.87. The third-order valence-electron chi connectivity index (χ3n) is 4.93. The largest absolute Gasteiger partial charge is 0.507 e. The molecule has 1 aliphatic heterocycles. The maximum Gasteiger partial charge on any atom is 0.313 e. The van der Waals surface area contributed by atoms with E-state index in [-0.39, 0.29) is 29.3 Å². The number of esters is 1. The van der Waals surface area contributed by atoms with Gasteiger partial charge in [-0.3, -0.25) is 9.59 Å². The molecule has 1 aromatic carbocycles. The van der Waals surface area contributed by atoms with Crippen LogP contribution in [0, 0.1) is 18.8 Å². The molecule has 0 fully saturated rings. The van der Waals surface area contributed by atoms with Gasteiger partial charge in [0.2, 0.25) is 11.4 Å². The standard InChI is InChI=1S/C19H20O7/c1-9-6-12(21)15-13(7-9)26-19(17(15)23)14(22)5-4-11(8-10(2)20)16(19)18(24)25-3/h4-7,11,14,16,21-22H,8H2,1-3H3/t11-,14+,16-,19+/m0/s1. The van der Waals surface area contributed by atoms with Crippen LogP contribution < -0.4 is 4.74 Å². The number of hydrogen-bond donors (Lipinski definition) is 2. The lowest BCUT2D eigenvalue weighted by Gasteiger charge is -2.41. The van der Waals surface area contributed by atoms with Crippen LogP contribution in [0.3, 0.4) is 0 Å². The molecule has 0 bridgehead atoms. The number of ether oxygens (including phenoxy) is 2. The summed E-state index contributed by atoms with van der Waals surface area (Å²) in [5.74, 6) is -3.74. The molecule has 1 aliphatic carbocycles. The molecule has 7 nitrogen and oxygen atoms in total. The molecule has 0 aromatic heterocycles. The van der Waals surface area contributed by atoms with E-state index >= 15 is 0 Å². The van der Waals surface area contributed by atoms with Gasteiger partial charge >= 0.3 is 5.97 Å². The number of aliphatic hydroxyl groups is 1. The number of aryl methyl sites for hydroxylation is 1. The van der Waals surface area contributed by atoms with Crippen molar-refractivity contribution in [3.63, 3.8) is 0 Å². The highest BCUT2D eigenvalue weighted by Gasteiger charge is 2.64. The van der Waals surface area contributed by atoms with Crippen LogP contribution in [-0.2, 0) is 14.3 Å². The summed E-state index contributed by atoms with van der Waals surface area (Å²) in [5.41, 5.74) is -1.41. The lowest BCUT2D eigenvalue weighted by atomic mass is 9.67. The first-order valence-electron chi connectivity index (χ1n) is 8.23. The number of benzene rings is 1. The molecule has 1 spiro atoms. The average Bonchev–Trinajstić information content (AvgIpc) is 2.83. The molecule has 4 atom stereocenters. The maximum absolute atomic E-state index is 13.2. The predicted octanol–water partition coefficient (Wildman–Crippen LogP) is 1.33. The van der Waals surface area contributed by atoms with Crippen molar-refractivity contribution in [1.29, 1.82) is 0 Å². The van der Waals surface area contributed by atoms with Gasteiger partial charge in [-0.05, 0) is 31.5 Å². The zero-order chi connectivity index (χ0) is 19.2. The quantitative estimate of drug-likeness (QED) is 0.618. The first kappa shape index (κ1) is 18.1. The van der Waals surface area contributed by atoms with Crippen molar-refractivity contribution in [3.05, 3.63) is 35.4 Å². The molecule has 0 saturated heterocycles. The summed E-state index contributed by atoms with van der Waals surface area (Å²) in [6.45, 7) is 3.09. The molecule has 3 rings (SSSR count). The Kier molecular flexibility index (Phi) is 4.36. The number of Topliss-reactive ketones (excluding diaryl/α,β-unsaturated/α-hetero) is 2. The van der Waals surface area contributed by atoms with E-state index in [0.717, 1.165) is 0 Å².